The van der Waals surface area contributed by atoms with Crippen LogP contribution in [-0.2, 0) is 16.6 Å². The van der Waals surface area contributed by atoms with E-state index in [1.54, 1.807) is 16.7 Å². The second kappa shape index (κ2) is 8.16. The zero-order chi connectivity index (χ0) is 22.2. The molecule has 10 nitrogen and oxygen atoms in total. The van der Waals surface area contributed by atoms with Crippen LogP contribution in [-0.4, -0.2) is 53.6 Å². The Morgan fingerprint density at radius 1 is 1.23 bits per heavy atom. The van der Waals surface area contributed by atoms with Crippen LogP contribution >= 0.6 is 0 Å². The summed E-state index contributed by atoms with van der Waals surface area (Å²) in [7, 11) is -0.666. The van der Waals surface area contributed by atoms with Gasteiger partial charge in [-0.1, -0.05) is 0 Å². The number of amides is 1. The van der Waals surface area contributed by atoms with E-state index in [0.29, 0.717) is 17.1 Å². The molecule has 1 N–H and O–H groups in total. The maximum Gasteiger partial charge on any atom is 0.346 e. The minimum absolute atomic E-state index is 0.108. The molecular weight excluding hydrogens is 422 g/mol. The van der Waals surface area contributed by atoms with Gasteiger partial charge in [0.05, 0.1) is 17.7 Å². The maximum atomic E-state index is 12.7. The van der Waals surface area contributed by atoms with Crippen molar-refractivity contribution in [3.05, 3.63) is 58.7 Å². The molecule has 3 aromatic rings. The Morgan fingerprint density at radius 2 is 1.94 bits per heavy atom. The van der Waals surface area contributed by atoms with Crippen LogP contribution in [0.4, 0.5) is 0 Å². The highest BCUT2D eigenvalue weighted by molar-refractivity contribution is 7.89. The molecule has 0 bridgehead atoms. The first-order chi connectivity index (χ1) is 14.8. The zero-order valence-corrected chi connectivity index (χ0v) is 18.0. The van der Waals surface area contributed by atoms with Crippen LogP contribution < -0.4 is 11.0 Å². The van der Waals surface area contributed by atoms with Gasteiger partial charge in [-0.25, -0.2) is 22.2 Å². The molecule has 0 aliphatic heterocycles. The lowest BCUT2D eigenvalue weighted by atomic mass is 10.2. The highest BCUT2D eigenvalue weighted by Gasteiger charge is 2.31. The van der Waals surface area contributed by atoms with E-state index >= 15 is 0 Å². The molecule has 0 atom stereocenters. The standard InChI is InChI=1S/C20H23N5O5S/c1-23(2)31(28,29)16-9-5-14(6-10-16)19(26)21-11-12-24-20(27)25(15-7-8-15)18(22-24)17-4-3-13-30-17/h3-6,9-10,13,15H,7-8,11-12H2,1-2H3,(H,21,26). The molecule has 0 spiro atoms. The molecule has 4 rings (SSSR count). The quantitative estimate of drug-likeness (QED) is 0.558. The van der Waals surface area contributed by atoms with Crippen molar-refractivity contribution in [2.75, 3.05) is 20.6 Å². The van der Waals surface area contributed by atoms with Gasteiger partial charge >= 0.3 is 5.69 Å². The molecular formula is C20H23N5O5S. The van der Waals surface area contributed by atoms with Crippen molar-refractivity contribution in [3.8, 4) is 11.6 Å². The van der Waals surface area contributed by atoms with Gasteiger partial charge < -0.3 is 9.73 Å². The molecule has 1 aliphatic rings. The average molecular weight is 446 g/mol. The number of aromatic nitrogens is 3. The number of carbonyl (C=O) groups is 1. The molecule has 0 radical (unpaired) electrons. The van der Waals surface area contributed by atoms with Gasteiger partial charge in [0.15, 0.2) is 5.76 Å². The van der Waals surface area contributed by atoms with Gasteiger partial charge in [-0.05, 0) is 49.2 Å². The summed E-state index contributed by atoms with van der Waals surface area (Å²) in [6.45, 7) is 0.390. The Morgan fingerprint density at radius 3 is 2.52 bits per heavy atom. The van der Waals surface area contributed by atoms with Crippen molar-refractivity contribution in [3.63, 3.8) is 0 Å². The van der Waals surface area contributed by atoms with E-state index < -0.39 is 10.0 Å². The molecule has 164 valence electrons. The Hall–Kier alpha value is -3.18. The highest BCUT2D eigenvalue weighted by Crippen LogP contribution is 2.36. The number of carbonyl (C=O) groups excluding carboxylic acids is 1. The first-order valence-electron chi connectivity index (χ1n) is 9.83. The summed E-state index contributed by atoms with van der Waals surface area (Å²) in [6.07, 6.45) is 3.39. The first kappa shape index (κ1) is 21.1. The van der Waals surface area contributed by atoms with Crippen molar-refractivity contribution in [1.82, 2.24) is 24.0 Å². The largest absolute Gasteiger partial charge is 0.461 e. The average Bonchev–Trinajstić information content (AvgIpc) is 3.32. The van der Waals surface area contributed by atoms with Crippen molar-refractivity contribution < 1.29 is 17.6 Å². The summed E-state index contributed by atoms with van der Waals surface area (Å²) in [6, 6.07) is 9.32. The molecule has 1 saturated carbocycles. The van der Waals surface area contributed by atoms with Gasteiger partial charge in [0.2, 0.25) is 15.8 Å². The van der Waals surface area contributed by atoms with Crippen LogP contribution in [0.15, 0.2) is 56.8 Å². The second-order valence-corrected chi connectivity index (χ2v) is 9.63. The van der Waals surface area contributed by atoms with Gasteiger partial charge in [0.1, 0.15) is 0 Å². The van der Waals surface area contributed by atoms with Gasteiger partial charge in [0.25, 0.3) is 5.91 Å². The molecule has 0 saturated heterocycles. The van der Waals surface area contributed by atoms with E-state index in [1.807, 2.05) is 0 Å². The summed E-state index contributed by atoms with van der Waals surface area (Å²) in [5.41, 5.74) is 0.0891. The molecule has 11 heteroatoms. The van der Waals surface area contributed by atoms with Crippen LogP contribution in [0.3, 0.4) is 0 Å². The van der Waals surface area contributed by atoms with Crippen molar-refractivity contribution in [2.24, 2.45) is 0 Å². The smallest absolute Gasteiger partial charge is 0.346 e. The highest BCUT2D eigenvalue weighted by atomic mass is 32.2. The Balaban J connectivity index is 1.42. The molecule has 2 heterocycles. The Labute approximate surface area is 179 Å². The van der Waals surface area contributed by atoms with E-state index in [4.69, 9.17) is 4.42 Å². The lowest BCUT2D eigenvalue weighted by molar-refractivity contribution is 0.0951. The number of hydrogen-bond acceptors (Lipinski definition) is 6. The third kappa shape index (κ3) is 4.19. The normalized spacial score (nSPS) is 14.2. The summed E-state index contributed by atoms with van der Waals surface area (Å²) in [5, 5.41) is 7.12. The van der Waals surface area contributed by atoms with Crippen LogP contribution in [0, 0.1) is 0 Å². The maximum absolute atomic E-state index is 12.7. The monoisotopic (exact) mass is 445 g/mol. The summed E-state index contributed by atoms with van der Waals surface area (Å²) >= 11 is 0. The number of hydrogen-bond donors (Lipinski definition) is 1. The minimum Gasteiger partial charge on any atom is -0.461 e. The van der Waals surface area contributed by atoms with Crippen molar-refractivity contribution in [2.45, 2.75) is 30.3 Å². The predicted octanol–water partition coefficient (Wildman–Crippen LogP) is 1.32. The molecule has 1 amide bonds. The second-order valence-electron chi connectivity index (χ2n) is 7.48. The zero-order valence-electron chi connectivity index (χ0n) is 17.2. The number of benzene rings is 1. The van der Waals surface area contributed by atoms with Gasteiger partial charge in [-0.15, -0.1) is 5.10 Å². The van der Waals surface area contributed by atoms with Gasteiger partial charge in [-0.2, -0.15) is 0 Å². The summed E-state index contributed by atoms with van der Waals surface area (Å²) in [4.78, 5) is 25.2. The Bertz CT molecular complexity index is 1240. The first-order valence-corrected chi connectivity index (χ1v) is 11.3. The van der Waals surface area contributed by atoms with Crippen molar-refractivity contribution in [1.29, 1.82) is 0 Å². The third-order valence-corrected chi connectivity index (χ3v) is 6.86. The minimum atomic E-state index is -3.55. The van der Waals surface area contributed by atoms with E-state index in [0.717, 1.165) is 17.1 Å². The fraction of sp³-hybridized carbons (Fsp3) is 0.350. The molecule has 2 aromatic heterocycles. The molecule has 31 heavy (non-hydrogen) atoms. The van der Waals surface area contributed by atoms with E-state index in [1.165, 1.54) is 49.3 Å². The summed E-state index contributed by atoms with van der Waals surface area (Å²) in [5.74, 6) is 0.649. The fourth-order valence-corrected chi connectivity index (χ4v) is 4.07. The number of nitrogens with zero attached hydrogens (tertiary/aromatic N) is 4. The van der Waals surface area contributed by atoms with E-state index in [2.05, 4.69) is 10.4 Å². The van der Waals surface area contributed by atoms with Crippen LogP contribution in [0.1, 0.15) is 29.2 Å². The van der Waals surface area contributed by atoms with Crippen LogP contribution in [0.25, 0.3) is 11.6 Å². The SMILES string of the molecule is CN(C)S(=O)(=O)c1ccc(C(=O)NCCn2nc(-c3ccco3)n(C3CC3)c2=O)cc1. The number of furan rings is 1. The Kier molecular flexibility index (Phi) is 5.54. The molecule has 1 aliphatic carbocycles. The van der Waals surface area contributed by atoms with Crippen LogP contribution in [0.2, 0.25) is 0 Å². The predicted molar refractivity (Wildman–Crippen MR) is 112 cm³/mol. The van der Waals surface area contributed by atoms with E-state index in [-0.39, 0.29) is 35.6 Å². The topological polar surface area (TPSA) is 119 Å². The van der Waals surface area contributed by atoms with Gasteiger partial charge in [0, 0.05) is 32.2 Å². The van der Waals surface area contributed by atoms with E-state index in [9.17, 15) is 18.0 Å². The number of sulfonamides is 1. The molecule has 1 aromatic carbocycles. The molecule has 1 fully saturated rings. The number of nitrogens with one attached hydrogen (secondary N) is 1. The van der Waals surface area contributed by atoms with Crippen LogP contribution in [0.5, 0.6) is 0 Å². The fourth-order valence-electron chi connectivity index (χ4n) is 3.17. The lowest BCUT2D eigenvalue weighted by Crippen LogP contribution is -2.32. The summed E-state index contributed by atoms with van der Waals surface area (Å²) < 4.78 is 33.7. The third-order valence-electron chi connectivity index (χ3n) is 5.03. The number of rotatable bonds is 8. The van der Waals surface area contributed by atoms with Gasteiger partial charge in [-0.3, -0.25) is 9.36 Å². The van der Waals surface area contributed by atoms with Crippen molar-refractivity contribution >= 4 is 15.9 Å². The lowest BCUT2D eigenvalue weighted by Gasteiger charge is -2.11. The molecule has 0 unspecified atom stereocenters.